The van der Waals surface area contributed by atoms with Crippen molar-refractivity contribution in [2.75, 3.05) is 19.8 Å². The van der Waals surface area contributed by atoms with Gasteiger partial charge in [-0.2, -0.15) is 0 Å². The Morgan fingerprint density at radius 1 is 1.27 bits per heavy atom. The summed E-state index contributed by atoms with van der Waals surface area (Å²) in [6.45, 7) is 1.06. The number of carbonyl (C=O) groups is 2. The van der Waals surface area contributed by atoms with Gasteiger partial charge in [-0.15, -0.1) is 0 Å². The minimum absolute atomic E-state index is 0.0583. The number of amides is 1. The quantitative estimate of drug-likeness (QED) is 0.888. The third-order valence-corrected chi connectivity index (χ3v) is 4.95. The molecule has 0 bridgehead atoms. The lowest BCUT2D eigenvalue weighted by Crippen LogP contribution is -2.47. The summed E-state index contributed by atoms with van der Waals surface area (Å²) in [5.41, 5.74) is 1.42. The third-order valence-electron chi connectivity index (χ3n) is 4.95. The molecule has 1 aromatic rings. The molecular weight excluding hydrogens is 282 g/mol. The molecule has 1 saturated heterocycles. The van der Waals surface area contributed by atoms with E-state index in [9.17, 15) is 14.7 Å². The predicted molar refractivity (Wildman–Crippen MR) is 80.6 cm³/mol. The average Bonchev–Trinajstić information content (AvgIpc) is 2.97. The van der Waals surface area contributed by atoms with Crippen LogP contribution >= 0.6 is 0 Å². The standard InChI is InChI=1S/C17H21NO4/c19-15(14-6-5-12-3-1-2-4-13(12)14)18-11-17(16(20)21)7-9-22-10-8-17/h1-4,14H,5-11H2,(H,18,19)(H,20,21). The summed E-state index contributed by atoms with van der Waals surface area (Å²) in [6, 6.07) is 7.98. The summed E-state index contributed by atoms with van der Waals surface area (Å²) in [4.78, 5) is 24.1. The number of aryl methyl sites for hydroxylation is 1. The molecule has 5 nitrogen and oxygen atoms in total. The molecule has 0 aromatic heterocycles. The van der Waals surface area contributed by atoms with Gasteiger partial charge in [0.05, 0.1) is 11.3 Å². The highest BCUT2D eigenvalue weighted by Crippen LogP contribution is 2.34. The molecule has 5 heteroatoms. The molecule has 0 radical (unpaired) electrons. The smallest absolute Gasteiger partial charge is 0.311 e. The van der Waals surface area contributed by atoms with Crippen molar-refractivity contribution in [2.24, 2.45) is 5.41 Å². The number of benzene rings is 1. The summed E-state index contributed by atoms with van der Waals surface area (Å²) in [6.07, 6.45) is 2.61. The van der Waals surface area contributed by atoms with Crippen LogP contribution in [0.15, 0.2) is 24.3 Å². The Labute approximate surface area is 129 Å². The fourth-order valence-corrected chi connectivity index (χ4v) is 3.44. The molecule has 2 N–H and O–H groups in total. The van der Waals surface area contributed by atoms with Crippen molar-refractivity contribution < 1.29 is 19.4 Å². The number of fused-ring (bicyclic) bond motifs is 1. The maximum atomic E-state index is 12.5. The van der Waals surface area contributed by atoms with E-state index in [0.29, 0.717) is 26.1 Å². The number of aliphatic carboxylic acids is 1. The summed E-state index contributed by atoms with van der Waals surface area (Å²) in [7, 11) is 0. The molecule has 1 fully saturated rings. The number of carboxylic acids is 1. The van der Waals surface area contributed by atoms with Gasteiger partial charge in [0, 0.05) is 19.8 Å². The van der Waals surface area contributed by atoms with Crippen LogP contribution < -0.4 is 5.32 Å². The van der Waals surface area contributed by atoms with Crippen LogP contribution in [0.4, 0.5) is 0 Å². The van der Waals surface area contributed by atoms with Gasteiger partial charge in [-0.1, -0.05) is 24.3 Å². The lowest BCUT2D eigenvalue weighted by Gasteiger charge is -2.33. The van der Waals surface area contributed by atoms with E-state index in [1.165, 1.54) is 5.56 Å². The fourth-order valence-electron chi connectivity index (χ4n) is 3.44. The van der Waals surface area contributed by atoms with E-state index >= 15 is 0 Å². The molecule has 1 aromatic carbocycles. The summed E-state index contributed by atoms with van der Waals surface area (Å²) >= 11 is 0. The largest absolute Gasteiger partial charge is 0.481 e. The molecule has 1 unspecified atom stereocenters. The van der Waals surface area contributed by atoms with Gasteiger partial charge < -0.3 is 15.2 Å². The second-order valence-corrected chi connectivity index (χ2v) is 6.21. The van der Waals surface area contributed by atoms with Gasteiger partial charge in [0.1, 0.15) is 0 Å². The molecule has 3 rings (SSSR count). The first-order chi connectivity index (χ1) is 10.6. The lowest BCUT2D eigenvalue weighted by atomic mass is 9.80. The van der Waals surface area contributed by atoms with E-state index in [-0.39, 0.29) is 18.4 Å². The van der Waals surface area contributed by atoms with Gasteiger partial charge in [0.15, 0.2) is 0 Å². The van der Waals surface area contributed by atoms with Crippen LogP contribution in [0.5, 0.6) is 0 Å². The number of nitrogens with one attached hydrogen (secondary N) is 1. The Balaban J connectivity index is 1.66. The first-order valence-corrected chi connectivity index (χ1v) is 7.79. The summed E-state index contributed by atoms with van der Waals surface area (Å²) in [5, 5.41) is 12.4. The molecule has 2 aliphatic rings. The van der Waals surface area contributed by atoms with Crippen molar-refractivity contribution in [1.82, 2.24) is 5.32 Å². The van der Waals surface area contributed by atoms with Gasteiger partial charge in [0.2, 0.25) is 5.91 Å². The van der Waals surface area contributed by atoms with Crippen LogP contribution in [0.2, 0.25) is 0 Å². The molecule has 118 valence electrons. The number of ether oxygens (including phenoxy) is 1. The van der Waals surface area contributed by atoms with Gasteiger partial charge >= 0.3 is 5.97 Å². The normalized spacial score (nSPS) is 22.8. The average molecular weight is 303 g/mol. The van der Waals surface area contributed by atoms with Crippen LogP contribution in [-0.4, -0.2) is 36.7 Å². The first kappa shape index (κ1) is 15.0. The van der Waals surface area contributed by atoms with Crippen LogP contribution in [0.25, 0.3) is 0 Å². The van der Waals surface area contributed by atoms with Crippen molar-refractivity contribution in [1.29, 1.82) is 0 Å². The highest BCUT2D eigenvalue weighted by Gasteiger charge is 2.41. The Bertz CT molecular complexity index is 578. The SMILES string of the molecule is O=C(NCC1(C(=O)O)CCOCC1)C1CCc2ccccc21. The maximum Gasteiger partial charge on any atom is 0.311 e. The van der Waals surface area contributed by atoms with E-state index in [4.69, 9.17) is 4.74 Å². The molecule has 1 atom stereocenters. The Kier molecular flexibility index (Phi) is 4.16. The van der Waals surface area contributed by atoms with E-state index in [1.807, 2.05) is 18.2 Å². The van der Waals surface area contributed by atoms with Crippen LogP contribution in [0.3, 0.4) is 0 Å². The molecule has 1 aliphatic carbocycles. The minimum Gasteiger partial charge on any atom is -0.481 e. The predicted octanol–water partition coefficient (Wildman–Crippen LogP) is 1.71. The van der Waals surface area contributed by atoms with Crippen molar-refractivity contribution in [2.45, 2.75) is 31.6 Å². The Hall–Kier alpha value is -1.88. The molecule has 0 spiro atoms. The molecule has 0 saturated carbocycles. The van der Waals surface area contributed by atoms with Crippen LogP contribution in [0.1, 0.15) is 36.3 Å². The molecule has 1 heterocycles. The number of rotatable bonds is 4. The molecular formula is C17H21NO4. The van der Waals surface area contributed by atoms with Crippen molar-refractivity contribution in [3.8, 4) is 0 Å². The zero-order valence-electron chi connectivity index (χ0n) is 12.5. The van der Waals surface area contributed by atoms with Crippen molar-refractivity contribution >= 4 is 11.9 Å². The third kappa shape index (κ3) is 2.73. The van der Waals surface area contributed by atoms with Crippen molar-refractivity contribution in [3.05, 3.63) is 35.4 Å². The van der Waals surface area contributed by atoms with E-state index < -0.39 is 11.4 Å². The summed E-state index contributed by atoms with van der Waals surface area (Å²) in [5.74, 6) is -1.05. The second-order valence-electron chi connectivity index (χ2n) is 6.21. The molecule has 1 aliphatic heterocycles. The van der Waals surface area contributed by atoms with Gasteiger partial charge in [0.25, 0.3) is 0 Å². The van der Waals surface area contributed by atoms with E-state index in [2.05, 4.69) is 11.4 Å². The maximum absolute atomic E-state index is 12.5. The van der Waals surface area contributed by atoms with Gasteiger partial charge in [-0.3, -0.25) is 9.59 Å². The van der Waals surface area contributed by atoms with Crippen LogP contribution in [-0.2, 0) is 20.7 Å². The lowest BCUT2D eigenvalue weighted by molar-refractivity contribution is -0.154. The highest BCUT2D eigenvalue weighted by atomic mass is 16.5. The van der Waals surface area contributed by atoms with Gasteiger partial charge in [-0.05, 0) is 36.8 Å². The minimum atomic E-state index is -0.883. The Morgan fingerprint density at radius 3 is 2.73 bits per heavy atom. The molecule has 1 amide bonds. The zero-order valence-corrected chi connectivity index (χ0v) is 12.5. The van der Waals surface area contributed by atoms with E-state index in [0.717, 1.165) is 18.4 Å². The number of carboxylic acid groups (broad SMARTS) is 1. The fraction of sp³-hybridized carbons (Fsp3) is 0.529. The Morgan fingerprint density at radius 2 is 2.00 bits per heavy atom. The number of hydrogen-bond acceptors (Lipinski definition) is 3. The van der Waals surface area contributed by atoms with Gasteiger partial charge in [-0.25, -0.2) is 0 Å². The zero-order chi connectivity index (χ0) is 15.6. The van der Waals surface area contributed by atoms with Crippen molar-refractivity contribution in [3.63, 3.8) is 0 Å². The topological polar surface area (TPSA) is 75.6 Å². The number of hydrogen-bond donors (Lipinski definition) is 2. The van der Waals surface area contributed by atoms with E-state index in [1.54, 1.807) is 0 Å². The van der Waals surface area contributed by atoms with Crippen LogP contribution in [0, 0.1) is 5.41 Å². The first-order valence-electron chi connectivity index (χ1n) is 7.79. The second kappa shape index (κ2) is 6.08. The monoisotopic (exact) mass is 303 g/mol. The number of carbonyl (C=O) groups excluding carboxylic acids is 1. The summed E-state index contributed by atoms with van der Waals surface area (Å²) < 4.78 is 5.25. The highest BCUT2D eigenvalue weighted by molar-refractivity contribution is 5.85. The molecule has 22 heavy (non-hydrogen) atoms.